The molecule has 6 nitrogen and oxygen atoms in total. The van der Waals surface area contributed by atoms with Crippen molar-refractivity contribution in [2.24, 2.45) is 5.92 Å². The maximum absolute atomic E-state index is 13.0. The first-order valence-corrected chi connectivity index (χ1v) is 8.34. The Morgan fingerprint density at radius 2 is 1.96 bits per heavy atom. The minimum Gasteiger partial charge on any atom is -0.354 e. The highest BCUT2D eigenvalue weighted by atomic mass is 16.2. The fourth-order valence-corrected chi connectivity index (χ4v) is 3.59. The monoisotopic (exact) mass is 317 g/mol. The summed E-state index contributed by atoms with van der Waals surface area (Å²) in [5, 5.41) is 0. The van der Waals surface area contributed by atoms with Gasteiger partial charge in [0, 0.05) is 38.2 Å². The molecule has 0 unspecified atom stereocenters. The zero-order chi connectivity index (χ0) is 16.4. The average Bonchev–Trinajstić information content (AvgIpc) is 2.88. The lowest BCUT2D eigenvalue weighted by molar-refractivity contribution is -0.133. The molecule has 0 bridgehead atoms. The first-order chi connectivity index (χ1) is 11.1. The fourth-order valence-electron chi connectivity index (χ4n) is 3.59. The Labute approximate surface area is 135 Å². The molecular weight excluding hydrogens is 294 g/mol. The number of H-pyrrole nitrogens is 1. The fraction of sp³-hybridized carbons (Fsp3) is 0.588. The van der Waals surface area contributed by atoms with E-state index in [0.717, 1.165) is 49.8 Å². The number of aromatic amines is 1. The summed E-state index contributed by atoms with van der Waals surface area (Å²) in [6.07, 6.45) is 5.08. The molecule has 124 valence electrons. The van der Waals surface area contributed by atoms with Gasteiger partial charge in [-0.1, -0.05) is 0 Å². The van der Waals surface area contributed by atoms with Crippen LogP contribution in [-0.2, 0) is 16.0 Å². The summed E-state index contributed by atoms with van der Waals surface area (Å²) in [4.78, 5) is 42.2. The van der Waals surface area contributed by atoms with Crippen LogP contribution in [0.25, 0.3) is 0 Å². The van der Waals surface area contributed by atoms with Crippen molar-refractivity contribution in [1.82, 2.24) is 9.88 Å². The number of aldehydes is 1. The largest absolute Gasteiger partial charge is 0.354 e. The second-order valence-corrected chi connectivity index (χ2v) is 6.43. The van der Waals surface area contributed by atoms with Gasteiger partial charge in [0.05, 0.1) is 11.4 Å². The Balaban J connectivity index is 1.76. The summed E-state index contributed by atoms with van der Waals surface area (Å²) in [6, 6.07) is 1.79. The first kappa shape index (κ1) is 15.8. The predicted octanol–water partition coefficient (Wildman–Crippen LogP) is 1.75. The van der Waals surface area contributed by atoms with E-state index >= 15 is 0 Å². The molecule has 0 atom stereocenters. The molecule has 23 heavy (non-hydrogen) atoms. The smallest absolute Gasteiger partial charge is 0.230 e. The van der Waals surface area contributed by atoms with Crippen LogP contribution < -0.4 is 4.90 Å². The van der Waals surface area contributed by atoms with Gasteiger partial charge >= 0.3 is 0 Å². The van der Waals surface area contributed by atoms with Gasteiger partial charge in [0.1, 0.15) is 0 Å². The predicted molar refractivity (Wildman–Crippen MR) is 86.4 cm³/mol. The molecular formula is C17H23N3O3. The zero-order valence-corrected chi connectivity index (χ0v) is 13.5. The van der Waals surface area contributed by atoms with Gasteiger partial charge in [-0.2, -0.15) is 0 Å². The van der Waals surface area contributed by atoms with Crippen LogP contribution in [0.5, 0.6) is 0 Å². The van der Waals surface area contributed by atoms with Crippen LogP contribution in [0, 0.1) is 5.92 Å². The standard InChI is InChI=1S/C17H23N3O3/c1-12(22)19-8-5-13(6-9-19)17(23)20-7-3-2-4-15-16(20)10-14(11-21)18-15/h10-11,13,18H,2-9H2,1H3. The molecule has 0 saturated carbocycles. The third-order valence-electron chi connectivity index (χ3n) is 4.93. The van der Waals surface area contributed by atoms with Crippen LogP contribution in [0.2, 0.25) is 0 Å². The van der Waals surface area contributed by atoms with Crippen molar-refractivity contribution in [3.63, 3.8) is 0 Å². The summed E-state index contributed by atoms with van der Waals surface area (Å²) < 4.78 is 0. The highest BCUT2D eigenvalue weighted by Gasteiger charge is 2.32. The number of rotatable bonds is 2. The number of likely N-dealkylation sites (tertiary alicyclic amines) is 1. The van der Waals surface area contributed by atoms with Crippen molar-refractivity contribution in [3.05, 3.63) is 17.5 Å². The van der Waals surface area contributed by atoms with E-state index in [1.807, 2.05) is 4.90 Å². The number of aromatic nitrogens is 1. The number of aryl methyl sites for hydroxylation is 1. The number of nitrogens with one attached hydrogen (secondary N) is 1. The van der Waals surface area contributed by atoms with Gasteiger partial charge in [-0.3, -0.25) is 14.4 Å². The van der Waals surface area contributed by atoms with Gasteiger partial charge in [0.15, 0.2) is 6.29 Å². The molecule has 3 rings (SSSR count). The van der Waals surface area contributed by atoms with Crippen molar-refractivity contribution >= 4 is 23.8 Å². The maximum atomic E-state index is 13.0. The second-order valence-electron chi connectivity index (χ2n) is 6.43. The van der Waals surface area contributed by atoms with E-state index in [9.17, 15) is 14.4 Å². The van der Waals surface area contributed by atoms with Gasteiger partial charge in [-0.25, -0.2) is 0 Å². The van der Waals surface area contributed by atoms with Gasteiger partial charge in [-0.15, -0.1) is 0 Å². The number of fused-ring (bicyclic) bond motifs is 1. The van der Waals surface area contributed by atoms with E-state index < -0.39 is 0 Å². The molecule has 0 spiro atoms. The molecule has 1 aromatic heterocycles. The second kappa shape index (κ2) is 6.56. The van der Waals surface area contributed by atoms with Gasteiger partial charge in [0.2, 0.25) is 11.8 Å². The molecule has 1 N–H and O–H groups in total. The molecule has 0 radical (unpaired) electrons. The Morgan fingerprint density at radius 1 is 1.22 bits per heavy atom. The van der Waals surface area contributed by atoms with Crippen LogP contribution >= 0.6 is 0 Å². The minimum atomic E-state index is -0.0360. The summed E-state index contributed by atoms with van der Waals surface area (Å²) in [7, 11) is 0. The van der Waals surface area contributed by atoms with Crippen molar-refractivity contribution < 1.29 is 14.4 Å². The number of anilines is 1. The quantitative estimate of drug-likeness (QED) is 0.845. The van der Waals surface area contributed by atoms with E-state index in [1.54, 1.807) is 17.9 Å². The molecule has 1 aromatic rings. The van der Waals surface area contributed by atoms with E-state index in [2.05, 4.69) is 4.98 Å². The maximum Gasteiger partial charge on any atom is 0.230 e. The Hall–Kier alpha value is -2.11. The van der Waals surface area contributed by atoms with Crippen molar-refractivity contribution in [1.29, 1.82) is 0 Å². The lowest BCUT2D eigenvalue weighted by Gasteiger charge is -2.33. The molecule has 3 heterocycles. The van der Waals surface area contributed by atoms with Crippen LogP contribution in [-0.4, -0.2) is 47.6 Å². The number of hydrogen-bond acceptors (Lipinski definition) is 3. The third kappa shape index (κ3) is 3.16. The van der Waals surface area contributed by atoms with Crippen molar-refractivity contribution in [3.8, 4) is 0 Å². The lowest BCUT2D eigenvalue weighted by Crippen LogP contribution is -2.44. The van der Waals surface area contributed by atoms with E-state index in [1.165, 1.54) is 0 Å². The number of hydrogen-bond donors (Lipinski definition) is 1. The third-order valence-corrected chi connectivity index (χ3v) is 4.93. The molecule has 2 aliphatic heterocycles. The van der Waals surface area contributed by atoms with Crippen LogP contribution in [0.1, 0.15) is 48.8 Å². The first-order valence-electron chi connectivity index (χ1n) is 8.34. The molecule has 6 heteroatoms. The summed E-state index contributed by atoms with van der Waals surface area (Å²) in [6.45, 7) is 3.58. The summed E-state index contributed by atoms with van der Waals surface area (Å²) >= 11 is 0. The normalized spacial score (nSPS) is 19.2. The number of piperidine rings is 1. The molecule has 0 aliphatic carbocycles. The minimum absolute atomic E-state index is 0.0360. The number of carbonyl (C=O) groups excluding carboxylic acids is 3. The van der Waals surface area contributed by atoms with Crippen molar-refractivity contribution in [2.45, 2.75) is 39.0 Å². The Kier molecular flexibility index (Phi) is 4.50. The van der Waals surface area contributed by atoms with Gasteiger partial charge in [0.25, 0.3) is 0 Å². The highest BCUT2D eigenvalue weighted by Crippen LogP contribution is 2.30. The van der Waals surface area contributed by atoms with Crippen LogP contribution in [0.3, 0.4) is 0 Å². The summed E-state index contributed by atoms with van der Waals surface area (Å²) in [5.41, 5.74) is 2.38. The zero-order valence-electron chi connectivity index (χ0n) is 13.5. The average molecular weight is 317 g/mol. The van der Waals surface area contributed by atoms with Crippen LogP contribution in [0.15, 0.2) is 6.07 Å². The topological polar surface area (TPSA) is 73.5 Å². The molecule has 2 amide bonds. The molecule has 1 saturated heterocycles. The SMILES string of the molecule is CC(=O)N1CCC(C(=O)N2CCCCc3[nH]c(C=O)cc32)CC1. The Bertz CT molecular complexity index is 615. The number of amides is 2. The van der Waals surface area contributed by atoms with Gasteiger partial charge in [-0.05, 0) is 38.2 Å². The van der Waals surface area contributed by atoms with Crippen molar-refractivity contribution in [2.75, 3.05) is 24.5 Å². The number of nitrogens with zero attached hydrogens (tertiary/aromatic N) is 2. The molecule has 2 aliphatic rings. The molecule has 1 fully saturated rings. The number of carbonyl (C=O) groups is 3. The lowest BCUT2D eigenvalue weighted by atomic mass is 9.95. The van der Waals surface area contributed by atoms with E-state index in [0.29, 0.717) is 25.3 Å². The van der Waals surface area contributed by atoms with Crippen LogP contribution in [0.4, 0.5) is 5.69 Å². The van der Waals surface area contributed by atoms with E-state index in [4.69, 9.17) is 0 Å². The van der Waals surface area contributed by atoms with Gasteiger partial charge < -0.3 is 14.8 Å². The van der Waals surface area contributed by atoms with E-state index in [-0.39, 0.29) is 17.7 Å². The summed E-state index contributed by atoms with van der Waals surface area (Å²) in [5.74, 6) is 0.174. The Morgan fingerprint density at radius 3 is 2.61 bits per heavy atom. The molecule has 0 aromatic carbocycles. The highest BCUT2D eigenvalue weighted by molar-refractivity contribution is 5.97.